The number of urea groups is 1. The SMILES string of the molecule is CCC(c1nc2ccccc2c(=O)n1C)N(CC(C)C)C(=O)Nc1cccc(C#N)c1. The van der Waals surface area contributed by atoms with Crippen LogP contribution < -0.4 is 10.9 Å². The molecule has 1 unspecified atom stereocenters. The van der Waals surface area contributed by atoms with Crippen LogP contribution >= 0.6 is 0 Å². The fourth-order valence-corrected chi connectivity index (χ4v) is 3.68. The van der Waals surface area contributed by atoms with Gasteiger partial charge in [0.1, 0.15) is 5.82 Å². The number of hydrogen-bond donors (Lipinski definition) is 1. The number of nitrogens with one attached hydrogen (secondary N) is 1. The van der Waals surface area contributed by atoms with E-state index in [0.29, 0.717) is 40.9 Å². The van der Waals surface area contributed by atoms with Crippen LogP contribution in [0.5, 0.6) is 0 Å². The second-order valence-electron chi connectivity index (χ2n) is 7.94. The number of carbonyl (C=O) groups is 1. The molecule has 1 N–H and O–H groups in total. The van der Waals surface area contributed by atoms with Gasteiger partial charge in [-0.25, -0.2) is 9.78 Å². The van der Waals surface area contributed by atoms with E-state index >= 15 is 0 Å². The zero-order valence-corrected chi connectivity index (χ0v) is 18.3. The number of hydrogen-bond acceptors (Lipinski definition) is 4. The smallest absolute Gasteiger partial charge is 0.314 e. The molecule has 2 aromatic carbocycles. The number of aromatic nitrogens is 2. The van der Waals surface area contributed by atoms with Gasteiger partial charge in [0.25, 0.3) is 5.56 Å². The highest BCUT2D eigenvalue weighted by molar-refractivity contribution is 5.90. The summed E-state index contributed by atoms with van der Waals surface area (Å²) < 4.78 is 1.54. The van der Waals surface area contributed by atoms with Crippen molar-refractivity contribution >= 4 is 22.6 Å². The first-order chi connectivity index (χ1) is 14.8. The molecule has 160 valence electrons. The van der Waals surface area contributed by atoms with E-state index in [1.165, 1.54) is 4.57 Å². The lowest BCUT2D eigenvalue weighted by atomic mass is 10.1. The number of para-hydroxylation sites is 1. The van der Waals surface area contributed by atoms with Crippen LogP contribution in [0.15, 0.2) is 53.3 Å². The highest BCUT2D eigenvalue weighted by Gasteiger charge is 2.28. The summed E-state index contributed by atoms with van der Waals surface area (Å²) in [6.07, 6.45) is 0.594. The quantitative estimate of drug-likeness (QED) is 0.642. The van der Waals surface area contributed by atoms with Crippen molar-refractivity contribution in [3.8, 4) is 6.07 Å². The molecule has 0 saturated carbocycles. The predicted molar refractivity (Wildman–Crippen MR) is 122 cm³/mol. The van der Waals surface area contributed by atoms with Crippen molar-refractivity contribution in [2.24, 2.45) is 13.0 Å². The van der Waals surface area contributed by atoms with Gasteiger partial charge in [-0.2, -0.15) is 5.26 Å². The Kier molecular flexibility index (Phi) is 6.71. The van der Waals surface area contributed by atoms with Crippen LogP contribution in [0.25, 0.3) is 10.9 Å². The van der Waals surface area contributed by atoms with Crippen LogP contribution in [0.3, 0.4) is 0 Å². The molecule has 0 aliphatic heterocycles. The molecular weight excluding hydrogens is 390 g/mol. The number of rotatable bonds is 6. The molecule has 3 aromatic rings. The lowest BCUT2D eigenvalue weighted by molar-refractivity contribution is 0.170. The van der Waals surface area contributed by atoms with Gasteiger partial charge in [0.15, 0.2) is 0 Å². The third kappa shape index (κ3) is 4.75. The molecule has 1 heterocycles. The monoisotopic (exact) mass is 417 g/mol. The first-order valence-corrected chi connectivity index (χ1v) is 10.4. The Morgan fingerprint density at radius 3 is 2.65 bits per heavy atom. The second kappa shape index (κ2) is 9.43. The minimum Gasteiger partial charge on any atom is -0.314 e. The van der Waals surface area contributed by atoms with Gasteiger partial charge in [0.2, 0.25) is 0 Å². The molecule has 0 bridgehead atoms. The Morgan fingerprint density at radius 1 is 1.23 bits per heavy atom. The lowest BCUT2D eigenvalue weighted by Gasteiger charge is -2.33. The van der Waals surface area contributed by atoms with Crippen molar-refractivity contribution in [3.63, 3.8) is 0 Å². The number of nitriles is 1. The topological polar surface area (TPSA) is 91.0 Å². The maximum atomic E-state index is 13.3. The van der Waals surface area contributed by atoms with E-state index in [2.05, 4.69) is 11.4 Å². The van der Waals surface area contributed by atoms with Gasteiger partial charge in [-0.05, 0) is 42.7 Å². The van der Waals surface area contributed by atoms with Gasteiger partial charge in [-0.3, -0.25) is 9.36 Å². The van der Waals surface area contributed by atoms with Crippen molar-refractivity contribution in [2.75, 3.05) is 11.9 Å². The van der Waals surface area contributed by atoms with Crippen LogP contribution in [-0.4, -0.2) is 27.0 Å². The molecule has 0 fully saturated rings. The third-order valence-corrected chi connectivity index (χ3v) is 5.14. The van der Waals surface area contributed by atoms with Crippen molar-refractivity contribution in [2.45, 2.75) is 33.2 Å². The van der Waals surface area contributed by atoms with E-state index in [1.807, 2.05) is 39.0 Å². The molecule has 31 heavy (non-hydrogen) atoms. The normalized spacial score (nSPS) is 11.9. The van der Waals surface area contributed by atoms with E-state index in [9.17, 15) is 9.59 Å². The first-order valence-electron chi connectivity index (χ1n) is 10.4. The van der Waals surface area contributed by atoms with Crippen LogP contribution in [-0.2, 0) is 7.05 Å². The van der Waals surface area contributed by atoms with Gasteiger partial charge in [-0.15, -0.1) is 0 Å². The molecule has 1 atom stereocenters. The molecular formula is C24H27N5O2. The Labute approximate surface area is 181 Å². The summed E-state index contributed by atoms with van der Waals surface area (Å²) in [5.74, 6) is 0.760. The van der Waals surface area contributed by atoms with E-state index in [4.69, 9.17) is 10.2 Å². The first kappa shape index (κ1) is 22.0. The van der Waals surface area contributed by atoms with Crippen molar-refractivity contribution < 1.29 is 4.79 Å². The van der Waals surface area contributed by atoms with Crippen molar-refractivity contribution in [3.05, 3.63) is 70.3 Å². The number of amides is 2. The van der Waals surface area contributed by atoms with Crippen LogP contribution in [0.2, 0.25) is 0 Å². The molecule has 0 aliphatic rings. The summed E-state index contributed by atoms with van der Waals surface area (Å²) in [4.78, 5) is 32.7. The molecule has 3 rings (SSSR count). The standard InChI is InChI=1S/C24H27N5O2/c1-5-21(22-27-20-12-7-6-11-19(20)23(30)28(22)4)29(15-16(2)3)24(31)26-18-10-8-9-17(13-18)14-25/h6-13,16,21H,5,15H2,1-4H3,(H,26,31). The molecule has 7 heteroatoms. The summed E-state index contributed by atoms with van der Waals surface area (Å²) in [7, 11) is 1.70. The number of nitrogens with zero attached hydrogens (tertiary/aromatic N) is 4. The van der Waals surface area contributed by atoms with Crippen LogP contribution in [0, 0.1) is 17.2 Å². The van der Waals surface area contributed by atoms with Gasteiger partial charge in [0.05, 0.1) is 28.6 Å². The molecule has 0 radical (unpaired) electrons. The minimum atomic E-state index is -0.385. The number of fused-ring (bicyclic) bond motifs is 1. The number of anilines is 1. The van der Waals surface area contributed by atoms with Gasteiger partial charge in [0, 0.05) is 19.3 Å². The summed E-state index contributed by atoms with van der Waals surface area (Å²) in [6.45, 7) is 6.54. The lowest BCUT2D eigenvalue weighted by Crippen LogP contribution is -2.42. The van der Waals surface area contributed by atoms with Crippen LogP contribution in [0.4, 0.5) is 10.5 Å². The van der Waals surface area contributed by atoms with E-state index < -0.39 is 0 Å². The molecule has 2 amide bonds. The molecule has 7 nitrogen and oxygen atoms in total. The Balaban J connectivity index is 2.03. The maximum absolute atomic E-state index is 13.3. The van der Waals surface area contributed by atoms with Crippen molar-refractivity contribution in [1.29, 1.82) is 5.26 Å². The van der Waals surface area contributed by atoms with Gasteiger partial charge >= 0.3 is 6.03 Å². The second-order valence-corrected chi connectivity index (χ2v) is 7.94. The largest absolute Gasteiger partial charge is 0.322 e. The van der Waals surface area contributed by atoms with Gasteiger partial charge < -0.3 is 10.2 Å². The zero-order valence-electron chi connectivity index (χ0n) is 18.3. The fourth-order valence-electron chi connectivity index (χ4n) is 3.68. The van der Waals surface area contributed by atoms with Crippen molar-refractivity contribution in [1.82, 2.24) is 14.5 Å². The Hall–Kier alpha value is -3.66. The fraction of sp³-hybridized carbons (Fsp3) is 0.333. The maximum Gasteiger partial charge on any atom is 0.322 e. The summed E-state index contributed by atoms with van der Waals surface area (Å²) in [5, 5.41) is 12.6. The van der Waals surface area contributed by atoms with Crippen LogP contribution in [0.1, 0.15) is 44.6 Å². The molecule has 0 spiro atoms. The zero-order chi connectivity index (χ0) is 22.5. The Bertz CT molecular complexity index is 1190. The molecule has 1 aromatic heterocycles. The highest BCUT2D eigenvalue weighted by Crippen LogP contribution is 2.25. The Morgan fingerprint density at radius 2 is 1.97 bits per heavy atom. The highest BCUT2D eigenvalue weighted by atomic mass is 16.2. The average Bonchev–Trinajstić information content (AvgIpc) is 2.76. The van der Waals surface area contributed by atoms with E-state index in [0.717, 1.165) is 0 Å². The summed E-state index contributed by atoms with van der Waals surface area (Å²) in [5.41, 5.74) is 1.50. The average molecular weight is 418 g/mol. The number of carbonyl (C=O) groups excluding carboxylic acids is 1. The third-order valence-electron chi connectivity index (χ3n) is 5.14. The molecule has 0 saturated heterocycles. The predicted octanol–water partition coefficient (Wildman–Crippen LogP) is 4.45. The van der Waals surface area contributed by atoms with E-state index in [1.54, 1.807) is 42.3 Å². The summed E-state index contributed by atoms with van der Waals surface area (Å²) >= 11 is 0. The number of benzene rings is 2. The summed E-state index contributed by atoms with van der Waals surface area (Å²) in [6, 6.07) is 15.4. The van der Waals surface area contributed by atoms with Gasteiger partial charge in [-0.1, -0.05) is 39.0 Å². The molecule has 0 aliphatic carbocycles. The van der Waals surface area contributed by atoms with E-state index in [-0.39, 0.29) is 23.6 Å². The minimum absolute atomic E-state index is 0.134.